The monoisotopic (exact) mass is 357 g/mol. The third-order valence-corrected chi connectivity index (χ3v) is 4.55. The van der Waals surface area contributed by atoms with Crippen molar-refractivity contribution in [2.45, 2.75) is 32.6 Å². The molecular weight excluding hydrogens is 338 g/mol. The molecule has 8 nitrogen and oxygen atoms in total. The highest BCUT2D eigenvalue weighted by atomic mass is 16.5. The van der Waals surface area contributed by atoms with Crippen molar-refractivity contribution in [1.82, 2.24) is 0 Å². The van der Waals surface area contributed by atoms with E-state index in [-0.39, 0.29) is 40.5 Å². The Morgan fingerprint density at radius 3 is 2.58 bits per heavy atom. The maximum Gasteiger partial charge on any atom is 0.364 e. The summed E-state index contributed by atoms with van der Waals surface area (Å²) in [6, 6.07) is 5.52. The number of fused-ring (bicyclic) bond motifs is 1. The number of rotatable bonds is 3. The first-order valence-corrected chi connectivity index (χ1v) is 8.45. The normalized spacial score (nSPS) is 22.4. The molecule has 2 amide bonds. The fraction of sp³-hybridized carbons (Fsp3) is 0.389. The van der Waals surface area contributed by atoms with Crippen LogP contribution in [-0.2, 0) is 9.59 Å². The van der Waals surface area contributed by atoms with Crippen LogP contribution in [0.4, 0.5) is 10.5 Å². The summed E-state index contributed by atoms with van der Waals surface area (Å²) < 4.78 is 4.99. The number of nitrogens with zero attached hydrogens (tertiary/aromatic N) is 2. The van der Waals surface area contributed by atoms with Gasteiger partial charge in [-0.25, -0.2) is 4.79 Å². The zero-order chi connectivity index (χ0) is 18.7. The number of nitrogens with one attached hydrogen (secondary N) is 1. The van der Waals surface area contributed by atoms with Crippen molar-refractivity contribution < 1.29 is 24.2 Å². The number of ketones is 1. The summed E-state index contributed by atoms with van der Waals surface area (Å²) in [6.45, 7) is 1.25. The average molecular weight is 357 g/mol. The summed E-state index contributed by atoms with van der Waals surface area (Å²) in [5.41, 5.74) is 0.113. The molecule has 1 saturated carbocycles. The van der Waals surface area contributed by atoms with Gasteiger partial charge in [0.25, 0.3) is 0 Å². The van der Waals surface area contributed by atoms with Crippen molar-refractivity contribution in [3.05, 3.63) is 35.7 Å². The van der Waals surface area contributed by atoms with E-state index in [2.05, 4.69) is 15.5 Å². The highest BCUT2D eigenvalue weighted by Gasteiger charge is 2.43. The molecule has 2 atom stereocenters. The van der Waals surface area contributed by atoms with Crippen molar-refractivity contribution in [3.63, 3.8) is 0 Å². The summed E-state index contributed by atoms with van der Waals surface area (Å²) in [5.74, 6) is -1.15. The molecule has 1 aromatic carbocycles. The number of carbonyl (C=O) groups excluding carboxylic acids is 3. The highest BCUT2D eigenvalue weighted by molar-refractivity contribution is 6.00. The van der Waals surface area contributed by atoms with Gasteiger partial charge in [-0.15, -0.1) is 5.11 Å². The zero-order valence-electron chi connectivity index (χ0n) is 14.3. The largest absolute Gasteiger partial charge is 0.510 e. The molecule has 2 N–H and O–H groups in total. The van der Waals surface area contributed by atoms with Gasteiger partial charge in [0, 0.05) is 18.8 Å². The molecule has 2 aliphatic carbocycles. The SMILES string of the molecule is CC(=O)Oc1ccccc1NC(=O)N=NC1=C(O)C2CCCCC2C1=O. The van der Waals surface area contributed by atoms with E-state index in [0.717, 1.165) is 19.3 Å². The number of hydrogen-bond donors (Lipinski definition) is 2. The van der Waals surface area contributed by atoms with Crippen molar-refractivity contribution in [1.29, 1.82) is 0 Å². The Morgan fingerprint density at radius 1 is 1.19 bits per heavy atom. The van der Waals surface area contributed by atoms with Gasteiger partial charge in [-0.05, 0) is 25.0 Å². The van der Waals surface area contributed by atoms with Crippen LogP contribution < -0.4 is 10.1 Å². The van der Waals surface area contributed by atoms with Gasteiger partial charge in [-0.2, -0.15) is 0 Å². The molecule has 0 aliphatic heterocycles. The van der Waals surface area contributed by atoms with E-state index in [0.29, 0.717) is 6.42 Å². The molecule has 1 fully saturated rings. The number of carbonyl (C=O) groups is 3. The first-order chi connectivity index (χ1) is 12.5. The summed E-state index contributed by atoms with van der Waals surface area (Å²) in [5, 5.41) is 19.8. The molecule has 3 rings (SSSR count). The van der Waals surface area contributed by atoms with Crippen LogP contribution in [-0.4, -0.2) is 22.9 Å². The van der Waals surface area contributed by atoms with Crippen molar-refractivity contribution >= 4 is 23.5 Å². The topological polar surface area (TPSA) is 117 Å². The molecule has 0 aromatic heterocycles. The molecule has 0 heterocycles. The molecule has 1 aromatic rings. The Bertz CT molecular complexity index is 815. The molecule has 0 radical (unpaired) electrons. The van der Waals surface area contributed by atoms with Gasteiger partial charge in [0.05, 0.1) is 5.69 Å². The van der Waals surface area contributed by atoms with Crippen LogP contribution in [0.1, 0.15) is 32.6 Å². The summed E-state index contributed by atoms with van der Waals surface area (Å²) in [6.07, 6.45) is 3.35. The number of ether oxygens (including phenoxy) is 1. The number of benzene rings is 1. The molecule has 0 spiro atoms. The number of anilines is 1. The Balaban J connectivity index is 1.72. The van der Waals surface area contributed by atoms with E-state index in [1.165, 1.54) is 19.1 Å². The van der Waals surface area contributed by atoms with E-state index in [4.69, 9.17) is 4.74 Å². The van der Waals surface area contributed by atoms with E-state index in [1.54, 1.807) is 12.1 Å². The zero-order valence-corrected chi connectivity index (χ0v) is 14.3. The number of allylic oxidation sites excluding steroid dienone is 2. The van der Waals surface area contributed by atoms with Gasteiger partial charge >= 0.3 is 12.0 Å². The van der Waals surface area contributed by atoms with Gasteiger partial charge in [-0.3, -0.25) is 9.59 Å². The lowest BCUT2D eigenvalue weighted by Gasteiger charge is -2.23. The minimum atomic E-state index is -0.840. The third kappa shape index (κ3) is 3.63. The quantitative estimate of drug-likeness (QED) is 0.485. The van der Waals surface area contributed by atoms with Gasteiger partial charge in [0.1, 0.15) is 5.76 Å². The minimum absolute atomic E-state index is 0.0726. The predicted octanol–water partition coefficient (Wildman–Crippen LogP) is 3.75. The number of esters is 1. The van der Waals surface area contributed by atoms with Gasteiger partial charge in [0.2, 0.25) is 0 Å². The van der Waals surface area contributed by atoms with E-state index >= 15 is 0 Å². The second-order valence-corrected chi connectivity index (χ2v) is 6.32. The van der Waals surface area contributed by atoms with Crippen LogP contribution in [0.3, 0.4) is 0 Å². The molecular formula is C18H19N3O5. The number of hydrogen-bond acceptors (Lipinski definition) is 6. The number of para-hydroxylation sites is 2. The predicted molar refractivity (Wildman–Crippen MR) is 91.7 cm³/mol. The fourth-order valence-electron chi connectivity index (χ4n) is 3.40. The maximum atomic E-state index is 12.3. The molecule has 2 unspecified atom stereocenters. The van der Waals surface area contributed by atoms with Gasteiger partial charge in [0.15, 0.2) is 17.2 Å². The first-order valence-electron chi connectivity index (χ1n) is 8.45. The Labute approximate surface area is 149 Å². The number of urea groups is 1. The second kappa shape index (κ2) is 7.47. The lowest BCUT2D eigenvalue weighted by atomic mass is 9.80. The second-order valence-electron chi connectivity index (χ2n) is 6.32. The Kier molecular flexibility index (Phi) is 5.11. The summed E-state index contributed by atoms with van der Waals surface area (Å²) in [4.78, 5) is 35.4. The van der Waals surface area contributed by atoms with E-state index < -0.39 is 12.0 Å². The number of Topliss-reactive ketones (excluding diaryl/α,β-unsaturated/α-hetero) is 1. The van der Waals surface area contributed by atoms with Crippen LogP contribution >= 0.6 is 0 Å². The van der Waals surface area contributed by atoms with Crippen LogP contribution in [0.25, 0.3) is 0 Å². The number of aliphatic hydroxyl groups excluding tert-OH is 1. The standard InChI is InChI=1S/C18H19N3O5/c1-10(22)26-14-9-5-4-8-13(14)19-18(25)21-20-15-16(23)11-6-2-3-7-12(11)17(15)24/h4-5,8-9,11-12,23H,2-3,6-7H2,1H3,(H,19,25). The van der Waals surface area contributed by atoms with Crippen LogP contribution in [0.5, 0.6) is 5.75 Å². The number of azo groups is 1. The van der Waals surface area contributed by atoms with Crippen molar-refractivity contribution in [2.24, 2.45) is 22.1 Å². The molecule has 26 heavy (non-hydrogen) atoms. The summed E-state index contributed by atoms with van der Waals surface area (Å²) >= 11 is 0. The van der Waals surface area contributed by atoms with E-state index in [1.807, 2.05) is 0 Å². The van der Waals surface area contributed by atoms with E-state index in [9.17, 15) is 19.5 Å². The molecule has 0 saturated heterocycles. The smallest absolute Gasteiger partial charge is 0.364 e. The molecule has 8 heteroatoms. The lowest BCUT2D eigenvalue weighted by molar-refractivity contribution is -0.131. The number of amides is 2. The Morgan fingerprint density at radius 2 is 1.88 bits per heavy atom. The van der Waals surface area contributed by atoms with Crippen LogP contribution in [0, 0.1) is 11.8 Å². The van der Waals surface area contributed by atoms with Crippen molar-refractivity contribution in [3.8, 4) is 5.75 Å². The fourth-order valence-corrected chi connectivity index (χ4v) is 3.40. The minimum Gasteiger partial charge on any atom is -0.510 e. The van der Waals surface area contributed by atoms with Gasteiger partial charge in [-0.1, -0.05) is 30.1 Å². The number of aliphatic hydroxyl groups is 1. The molecule has 136 valence electrons. The molecule has 0 bridgehead atoms. The van der Waals surface area contributed by atoms with Crippen LogP contribution in [0.2, 0.25) is 0 Å². The Hall–Kier alpha value is -3.03. The van der Waals surface area contributed by atoms with Crippen molar-refractivity contribution in [2.75, 3.05) is 5.32 Å². The lowest BCUT2D eigenvalue weighted by Crippen LogP contribution is -2.21. The third-order valence-electron chi connectivity index (χ3n) is 4.55. The van der Waals surface area contributed by atoms with Gasteiger partial charge < -0.3 is 15.2 Å². The summed E-state index contributed by atoms with van der Waals surface area (Å²) in [7, 11) is 0. The first kappa shape index (κ1) is 17.8. The molecule has 2 aliphatic rings. The maximum absolute atomic E-state index is 12.3. The average Bonchev–Trinajstić information content (AvgIpc) is 2.86. The van der Waals surface area contributed by atoms with Crippen LogP contribution in [0.15, 0.2) is 46.0 Å². The highest BCUT2D eigenvalue weighted by Crippen LogP contribution is 2.42.